The van der Waals surface area contributed by atoms with Gasteiger partial charge in [0, 0.05) is 17.7 Å². The highest BCUT2D eigenvalue weighted by molar-refractivity contribution is 7.98. The molecule has 0 bridgehead atoms. The topological polar surface area (TPSA) is 50.2 Å². The Morgan fingerprint density at radius 3 is 3.00 bits per heavy atom. The number of nitrogens with zero attached hydrogens (tertiary/aromatic N) is 1. The van der Waals surface area contributed by atoms with Crippen molar-refractivity contribution in [3.05, 3.63) is 29.8 Å². The highest BCUT2D eigenvalue weighted by Gasteiger charge is 1.99. The standard InChI is InChI=1S/C9H10FNO2S/c10-8-3-7(4-11-5-8)6-14-2-1-9(12)13/h3-5H,1-2,6H2,(H,12,13). The van der Waals surface area contributed by atoms with Crippen molar-refractivity contribution in [2.24, 2.45) is 0 Å². The first-order chi connectivity index (χ1) is 6.68. The summed E-state index contributed by atoms with van der Waals surface area (Å²) in [4.78, 5) is 13.9. The van der Waals surface area contributed by atoms with E-state index in [2.05, 4.69) is 4.98 Å². The van der Waals surface area contributed by atoms with Crippen molar-refractivity contribution < 1.29 is 14.3 Å². The Kier molecular flexibility index (Phi) is 4.39. The van der Waals surface area contributed by atoms with Gasteiger partial charge in [-0.25, -0.2) is 4.39 Å². The number of carboxylic acid groups (broad SMARTS) is 1. The third kappa shape index (κ3) is 4.23. The molecule has 0 radical (unpaired) electrons. The Morgan fingerprint density at radius 2 is 2.36 bits per heavy atom. The molecule has 76 valence electrons. The van der Waals surface area contributed by atoms with Gasteiger partial charge in [-0.3, -0.25) is 9.78 Å². The number of thioether (sulfide) groups is 1. The Labute approximate surface area is 85.4 Å². The maximum absolute atomic E-state index is 12.6. The number of hydrogen-bond acceptors (Lipinski definition) is 3. The highest BCUT2D eigenvalue weighted by atomic mass is 32.2. The summed E-state index contributed by atoms with van der Waals surface area (Å²) < 4.78 is 12.6. The van der Waals surface area contributed by atoms with Gasteiger partial charge in [-0.15, -0.1) is 0 Å². The number of aromatic nitrogens is 1. The first-order valence-electron chi connectivity index (χ1n) is 4.07. The molecular weight excluding hydrogens is 205 g/mol. The molecule has 1 N–H and O–H groups in total. The summed E-state index contributed by atoms with van der Waals surface area (Å²) in [6, 6.07) is 1.40. The average Bonchev–Trinajstić information content (AvgIpc) is 2.12. The number of rotatable bonds is 5. The third-order valence-electron chi connectivity index (χ3n) is 1.49. The molecule has 0 unspecified atom stereocenters. The van der Waals surface area contributed by atoms with Crippen LogP contribution in [0.5, 0.6) is 0 Å². The van der Waals surface area contributed by atoms with Crippen molar-refractivity contribution in [3.8, 4) is 0 Å². The minimum Gasteiger partial charge on any atom is -0.481 e. The fraction of sp³-hybridized carbons (Fsp3) is 0.333. The Balaban J connectivity index is 2.28. The molecule has 0 saturated heterocycles. The minimum atomic E-state index is -0.810. The lowest BCUT2D eigenvalue weighted by Gasteiger charge is -1.99. The molecule has 5 heteroatoms. The van der Waals surface area contributed by atoms with Gasteiger partial charge in [0.15, 0.2) is 0 Å². The van der Waals surface area contributed by atoms with Gasteiger partial charge in [-0.05, 0) is 11.6 Å². The predicted molar refractivity (Wildman–Crippen MR) is 52.6 cm³/mol. The Hall–Kier alpha value is -1.10. The molecule has 1 rings (SSSR count). The lowest BCUT2D eigenvalue weighted by Crippen LogP contribution is -1.96. The van der Waals surface area contributed by atoms with Crippen LogP contribution in [0.3, 0.4) is 0 Å². The molecule has 0 aliphatic carbocycles. The van der Waals surface area contributed by atoms with Crippen LogP contribution in [0, 0.1) is 5.82 Å². The molecule has 1 aromatic rings. The summed E-state index contributed by atoms with van der Waals surface area (Å²) in [5.74, 6) is -0.0413. The van der Waals surface area contributed by atoms with Crippen molar-refractivity contribution in [3.63, 3.8) is 0 Å². The molecule has 1 heterocycles. The van der Waals surface area contributed by atoms with Crippen LogP contribution in [0.1, 0.15) is 12.0 Å². The van der Waals surface area contributed by atoms with E-state index in [1.807, 2.05) is 0 Å². The number of carbonyl (C=O) groups is 1. The fourth-order valence-corrected chi connectivity index (χ4v) is 1.74. The summed E-state index contributed by atoms with van der Waals surface area (Å²) in [7, 11) is 0. The van der Waals surface area contributed by atoms with Crippen LogP contribution >= 0.6 is 11.8 Å². The zero-order valence-corrected chi connectivity index (χ0v) is 8.26. The van der Waals surface area contributed by atoms with Crippen LogP contribution in [0.2, 0.25) is 0 Å². The van der Waals surface area contributed by atoms with Crippen molar-refractivity contribution in [2.75, 3.05) is 5.75 Å². The first-order valence-corrected chi connectivity index (χ1v) is 5.23. The number of aliphatic carboxylic acids is 1. The van der Waals surface area contributed by atoms with E-state index >= 15 is 0 Å². The van der Waals surface area contributed by atoms with E-state index in [1.165, 1.54) is 17.8 Å². The van der Waals surface area contributed by atoms with E-state index in [9.17, 15) is 9.18 Å². The maximum Gasteiger partial charge on any atom is 0.304 e. The number of carboxylic acids is 1. The zero-order chi connectivity index (χ0) is 10.4. The second-order valence-electron chi connectivity index (χ2n) is 2.71. The van der Waals surface area contributed by atoms with Crippen molar-refractivity contribution in [1.29, 1.82) is 0 Å². The number of pyridine rings is 1. The van der Waals surface area contributed by atoms with Crippen molar-refractivity contribution in [1.82, 2.24) is 4.98 Å². The number of halogens is 1. The summed E-state index contributed by atoms with van der Waals surface area (Å²) in [5.41, 5.74) is 0.778. The minimum absolute atomic E-state index is 0.132. The van der Waals surface area contributed by atoms with E-state index in [0.717, 1.165) is 11.8 Å². The van der Waals surface area contributed by atoms with E-state index < -0.39 is 5.97 Å². The molecule has 0 fully saturated rings. The Morgan fingerprint density at radius 1 is 1.57 bits per heavy atom. The van der Waals surface area contributed by atoms with Crippen LogP contribution in [-0.4, -0.2) is 21.8 Å². The monoisotopic (exact) mass is 215 g/mol. The van der Waals surface area contributed by atoms with Gasteiger partial charge < -0.3 is 5.11 Å². The molecule has 0 atom stereocenters. The first kappa shape index (κ1) is 11.0. The summed E-state index contributed by atoms with van der Waals surface area (Å²) in [6.45, 7) is 0. The molecule has 0 aliphatic heterocycles. The molecular formula is C9H10FNO2S. The largest absolute Gasteiger partial charge is 0.481 e. The molecule has 0 amide bonds. The van der Waals surface area contributed by atoms with Crippen LogP contribution in [0.4, 0.5) is 4.39 Å². The molecule has 0 aliphatic rings. The van der Waals surface area contributed by atoms with Gasteiger partial charge in [-0.2, -0.15) is 11.8 Å². The van der Waals surface area contributed by atoms with Crippen LogP contribution < -0.4 is 0 Å². The molecule has 0 aromatic carbocycles. The smallest absolute Gasteiger partial charge is 0.304 e. The van der Waals surface area contributed by atoms with Crippen LogP contribution in [0.25, 0.3) is 0 Å². The van der Waals surface area contributed by atoms with E-state index in [-0.39, 0.29) is 12.2 Å². The summed E-state index contributed by atoms with van der Waals surface area (Å²) in [6.07, 6.45) is 2.86. The molecule has 0 saturated carbocycles. The van der Waals surface area contributed by atoms with Gasteiger partial charge in [0.1, 0.15) is 5.82 Å². The second kappa shape index (κ2) is 5.59. The highest BCUT2D eigenvalue weighted by Crippen LogP contribution is 2.12. The van der Waals surface area contributed by atoms with E-state index in [0.29, 0.717) is 11.5 Å². The van der Waals surface area contributed by atoms with E-state index in [1.54, 1.807) is 6.20 Å². The molecule has 3 nitrogen and oxygen atoms in total. The normalized spacial score (nSPS) is 10.1. The van der Waals surface area contributed by atoms with Gasteiger partial charge in [0.25, 0.3) is 0 Å². The van der Waals surface area contributed by atoms with Crippen molar-refractivity contribution >= 4 is 17.7 Å². The quantitative estimate of drug-likeness (QED) is 0.762. The van der Waals surface area contributed by atoms with Gasteiger partial charge in [0.05, 0.1) is 12.6 Å². The fourth-order valence-electron chi connectivity index (χ4n) is 0.884. The molecule has 0 spiro atoms. The predicted octanol–water partition coefficient (Wildman–Crippen LogP) is 1.93. The van der Waals surface area contributed by atoms with Gasteiger partial charge in [0.2, 0.25) is 0 Å². The lowest BCUT2D eigenvalue weighted by atomic mass is 10.3. The van der Waals surface area contributed by atoms with Gasteiger partial charge >= 0.3 is 5.97 Å². The van der Waals surface area contributed by atoms with Gasteiger partial charge in [-0.1, -0.05) is 0 Å². The average molecular weight is 215 g/mol. The summed E-state index contributed by atoms with van der Waals surface area (Å²) in [5, 5.41) is 8.37. The lowest BCUT2D eigenvalue weighted by molar-refractivity contribution is -0.136. The molecule has 1 aromatic heterocycles. The number of hydrogen-bond donors (Lipinski definition) is 1. The second-order valence-corrected chi connectivity index (χ2v) is 3.81. The maximum atomic E-state index is 12.6. The Bertz CT molecular complexity index is 319. The van der Waals surface area contributed by atoms with Crippen LogP contribution in [-0.2, 0) is 10.5 Å². The summed E-state index contributed by atoms with van der Waals surface area (Å²) >= 11 is 1.46. The van der Waals surface area contributed by atoms with Crippen molar-refractivity contribution in [2.45, 2.75) is 12.2 Å². The molecule has 14 heavy (non-hydrogen) atoms. The van der Waals surface area contributed by atoms with E-state index in [4.69, 9.17) is 5.11 Å². The van der Waals surface area contributed by atoms with Crippen LogP contribution in [0.15, 0.2) is 18.5 Å². The SMILES string of the molecule is O=C(O)CCSCc1cncc(F)c1. The zero-order valence-electron chi connectivity index (χ0n) is 7.44. The third-order valence-corrected chi connectivity index (χ3v) is 2.52.